The van der Waals surface area contributed by atoms with E-state index in [2.05, 4.69) is 10.1 Å². The van der Waals surface area contributed by atoms with Gasteiger partial charge in [0.05, 0.1) is 10.6 Å². The molecule has 2 aromatic rings. The molecule has 17 heavy (non-hydrogen) atoms. The van der Waals surface area contributed by atoms with Gasteiger partial charge in [-0.3, -0.25) is 14.3 Å². The number of aromatic nitrogens is 3. The van der Waals surface area contributed by atoms with Crippen LogP contribution < -0.4 is 5.56 Å². The van der Waals surface area contributed by atoms with E-state index in [4.69, 9.17) is 23.2 Å². The molecule has 0 spiro atoms. The zero-order chi connectivity index (χ0) is 12.6. The topological polar surface area (TPSA) is 67.8 Å². The molecule has 2 rings (SSSR count). The summed E-state index contributed by atoms with van der Waals surface area (Å²) < 4.78 is 1.37. The van der Waals surface area contributed by atoms with Gasteiger partial charge in [-0.2, -0.15) is 5.10 Å². The fraction of sp³-hybridized carbons (Fsp3) is 0.100. The van der Waals surface area contributed by atoms with Crippen molar-refractivity contribution in [2.45, 2.75) is 0 Å². The van der Waals surface area contributed by atoms with E-state index in [-0.39, 0.29) is 15.7 Å². The highest BCUT2D eigenvalue weighted by Gasteiger charge is 2.14. The first-order valence-electron chi connectivity index (χ1n) is 4.61. The number of aromatic amines is 1. The van der Waals surface area contributed by atoms with Crippen molar-refractivity contribution in [1.29, 1.82) is 0 Å². The number of carbonyl (C=O) groups is 1. The van der Waals surface area contributed by atoms with E-state index in [0.717, 1.165) is 0 Å². The molecule has 0 aromatic carbocycles. The van der Waals surface area contributed by atoms with Crippen LogP contribution in [0, 0.1) is 0 Å². The third kappa shape index (κ3) is 2.11. The van der Waals surface area contributed by atoms with Crippen LogP contribution >= 0.6 is 23.2 Å². The lowest BCUT2D eigenvalue weighted by Gasteiger charge is -1.99. The highest BCUT2D eigenvalue weighted by atomic mass is 35.5. The predicted octanol–water partition coefficient (Wildman–Crippen LogP) is 1.89. The Labute approximate surface area is 106 Å². The first-order chi connectivity index (χ1) is 8.02. The van der Waals surface area contributed by atoms with Gasteiger partial charge in [0.2, 0.25) is 0 Å². The van der Waals surface area contributed by atoms with Crippen LogP contribution in [0.4, 0.5) is 0 Å². The summed E-state index contributed by atoms with van der Waals surface area (Å²) in [6.07, 6.45) is 0.647. The minimum atomic E-state index is -0.446. The molecule has 0 amide bonds. The SMILES string of the molecule is Cn1nc(-c2c(Cl)cc(Cl)[nH]c2=O)cc1C=O. The summed E-state index contributed by atoms with van der Waals surface area (Å²) in [6.45, 7) is 0. The molecule has 0 aliphatic heterocycles. The molecule has 2 heterocycles. The first-order valence-corrected chi connectivity index (χ1v) is 5.36. The Morgan fingerprint density at radius 2 is 2.12 bits per heavy atom. The smallest absolute Gasteiger partial charge is 0.260 e. The van der Waals surface area contributed by atoms with Crippen molar-refractivity contribution in [2.24, 2.45) is 7.05 Å². The number of aryl methyl sites for hydroxylation is 1. The second kappa shape index (κ2) is 4.35. The van der Waals surface area contributed by atoms with Crippen molar-refractivity contribution >= 4 is 29.5 Å². The van der Waals surface area contributed by atoms with Gasteiger partial charge in [0.25, 0.3) is 5.56 Å². The van der Waals surface area contributed by atoms with Crippen LogP contribution in [0.5, 0.6) is 0 Å². The van der Waals surface area contributed by atoms with E-state index in [1.807, 2.05) is 0 Å². The number of aldehydes is 1. The molecule has 0 saturated heterocycles. The van der Waals surface area contributed by atoms with Gasteiger partial charge in [-0.15, -0.1) is 0 Å². The van der Waals surface area contributed by atoms with Crippen LogP contribution in [0.2, 0.25) is 10.2 Å². The van der Waals surface area contributed by atoms with Crippen LogP contribution in [0.15, 0.2) is 16.9 Å². The van der Waals surface area contributed by atoms with Crippen molar-refractivity contribution in [3.05, 3.63) is 38.4 Å². The van der Waals surface area contributed by atoms with E-state index in [1.165, 1.54) is 16.8 Å². The third-order valence-electron chi connectivity index (χ3n) is 2.25. The molecule has 7 heteroatoms. The molecular weight excluding hydrogens is 265 g/mol. The normalized spacial score (nSPS) is 10.5. The molecule has 2 aromatic heterocycles. The Balaban J connectivity index is 2.68. The van der Waals surface area contributed by atoms with Crippen molar-refractivity contribution in [3.8, 4) is 11.3 Å². The van der Waals surface area contributed by atoms with Crippen molar-refractivity contribution < 1.29 is 4.79 Å². The van der Waals surface area contributed by atoms with Gasteiger partial charge in [-0.25, -0.2) is 0 Å². The lowest BCUT2D eigenvalue weighted by Crippen LogP contribution is -2.09. The summed E-state index contributed by atoms with van der Waals surface area (Å²) in [5.74, 6) is 0. The number of nitrogens with zero attached hydrogens (tertiary/aromatic N) is 2. The van der Waals surface area contributed by atoms with Crippen molar-refractivity contribution in [3.63, 3.8) is 0 Å². The number of hydrogen-bond donors (Lipinski definition) is 1. The molecule has 88 valence electrons. The molecule has 5 nitrogen and oxygen atoms in total. The average molecular weight is 272 g/mol. The van der Waals surface area contributed by atoms with E-state index in [1.54, 1.807) is 7.05 Å². The Morgan fingerprint density at radius 1 is 1.41 bits per heavy atom. The fourth-order valence-electron chi connectivity index (χ4n) is 1.45. The number of halogens is 2. The summed E-state index contributed by atoms with van der Waals surface area (Å²) in [5.41, 5.74) is 0.431. The molecule has 0 bridgehead atoms. The molecular formula is C10H7Cl2N3O2. The minimum absolute atomic E-state index is 0.148. The molecule has 0 fully saturated rings. The fourth-order valence-corrected chi connectivity index (χ4v) is 1.99. The molecule has 0 aliphatic carbocycles. The van der Waals surface area contributed by atoms with Gasteiger partial charge in [-0.05, 0) is 12.1 Å². The quantitative estimate of drug-likeness (QED) is 0.670. The van der Waals surface area contributed by atoms with Crippen molar-refractivity contribution in [1.82, 2.24) is 14.8 Å². The summed E-state index contributed by atoms with van der Waals surface area (Å²) in [7, 11) is 1.60. The summed E-state index contributed by atoms with van der Waals surface area (Å²) in [5, 5.41) is 4.38. The zero-order valence-electron chi connectivity index (χ0n) is 8.70. The number of nitrogens with one attached hydrogen (secondary N) is 1. The number of H-pyrrole nitrogens is 1. The van der Waals surface area contributed by atoms with Crippen LogP contribution in [0.25, 0.3) is 11.3 Å². The Morgan fingerprint density at radius 3 is 2.65 bits per heavy atom. The molecule has 0 saturated carbocycles. The van der Waals surface area contributed by atoms with E-state index >= 15 is 0 Å². The average Bonchev–Trinajstić information content (AvgIpc) is 2.57. The summed E-state index contributed by atoms with van der Waals surface area (Å²) in [6, 6.07) is 2.90. The van der Waals surface area contributed by atoms with Gasteiger partial charge in [0.15, 0.2) is 6.29 Å². The number of hydrogen-bond acceptors (Lipinski definition) is 3. The second-order valence-corrected chi connectivity index (χ2v) is 4.18. The van der Waals surface area contributed by atoms with E-state index in [0.29, 0.717) is 17.7 Å². The van der Waals surface area contributed by atoms with Crippen LogP contribution in [0.1, 0.15) is 10.5 Å². The van der Waals surface area contributed by atoms with E-state index < -0.39 is 5.56 Å². The van der Waals surface area contributed by atoms with Gasteiger partial charge < -0.3 is 4.98 Å². The third-order valence-corrected chi connectivity index (χ3v) is 2.75. The molecule has 0 radical (unpaired) electrons. The summed E-state index contributed by atoms with van der Waals surface area (Å²) >= 11 is 11.6. The van der Waals surface area contributed by atoms with Crippen LogP contribution in [-0.2, 0) is 7.05 Å². The first kappa shape index (κ1) is 11.9. The summed E-state index contributed by atoms with van der Waals surface area (Å²) in [4.78, 5) is 24.8. The molecule has 0 aliphatic rings. The van der Waals surface area contributed by atoms with Gasteiger partial charge in [0, 0.05) is 7.05 Å². The predicted molar refractivity (Wildman–Crippen MR) is 64.7 cm³/mol. The zero-order valence-corrected chi connectivity index (χ0v) is 10.2. The Bertz CT molecular complexity index is 645. The minimum Gasteiger partial charge on any atom is -0.312 e. The maximum absolute atomic E-state index is 11.7. The molecule has 1 N–H and O–H groups in total. The van der Waals surface area contributed by atoms with Gasteiger partial charge >= 0.3 is 0 Å². The number of carbonyl (C=O) groups excluding carboxylic acids is 1. The van der Waals surface area contributed by atoms with Crippen molar-refractivity contribution in [2.75, 3.05) is 0 Å². The van der Waals surface area contributed by atoms with Gasteiger partial charge in [0.1, 0.15) is 16.5 Å². The highest BCUT2D eigenvalue weighted by Crippen LogP contribution is 2.24. The number of pyridine rings is 1. The monoisotopic (exact) mass is 271 g/mol. The molecule has 0 atom stereocenters. The van der Waals surface area contributed by atoms with E-state index in [9.17, 15) is 9.59 Å². The Hall–Kier alpha value is -1.59. The Kier molecular flexibility index (Phi) is 3.04. The van der Waals surface area contributed by atoms with Gasteiger partial charge in [-0.1, -0.05) is 23.2 Å². The van der Waals surface area contributed by atoms with Crippen LogP contribution in [0.3, 0.4) is 0 Å². The second-order valence-electron chi connectivity index (χ2n) is 3.37. The lowest BCUT2D eigenvalue weighted by molar-refractivity contribution is 0.111. The number of rotatable bonds is 2. The standard InChI is InChI=1S/C10H7Cl2N3O2/c1-15-5(4-16)2-7(14-15)9-6(11)3-8(12)13-10(9)17/h2-4H,1H3,(H,13,17). The maximum atomic E-state index is 11.7. The molecule has 0 unspecified atom stereocenters. The largest absolute Gasteiger partial charge is 0.312 e. The highest BCUT2D eigenvalue weighted by molar-refractivity contribution is 6.35. The lowest BCUT2D eigenvalue weighted by atomic mass is 10.2. The maximum Gasteiger partial charge on any atom is 0.260 e. The van der Waals surface area contributed by atoms with Crippen LogP contribution in [-0.4, -0.2) is 21.1 Å².